The minimum absolute atomic E-state index is 0.879. The third-order valence-corrected chi connectivity index (χ3v) is 3.19. The SMILES string of the molecule is CCCCC1=C/C=C(C)/C(N)=C/C=C1CCC. The van der Waals surface area contributed by atoms with Gasteiger partial charge >= 0.3 is 0 Å². The van der Waals surface area contributed by atoms with Crippen molar-refractivity contribution in [3.63, 3.8) is 0 Å². The lowest BCUT2D eigenvalue weighted by Gasteiger charge is -2.13. The van der Waals surface area contributed by atoms with Gasteiger partial charge in [-0.1, -0.05) is 44.9 Å². The van der Waals surface area contributed by atoms with Crippen molar-refractivity contribution in [2.75, 3.05) is 0 Å². The summed E-state index contributed by atoms with van der Waals surface area (Å²) in [5.41, 5.74) is 10.9. The summed E-state index contributed by atoms with van der Waals surface area (Å²) < 4.78 is 0. The minimum Gasteiger partial charge on any atom is -0.399 e. The number of unbranched alkanes of at least 4 members (excludes halogenated alkanes) is 1. The van der Waals surface area contributed by atoms with Crippen molar-refractivity contribution in [1.29, 1.82) is 0 Å². The van der Waals surface area contributed by atoms with Crippen LogP contribution in [0.25, 0.3) is 0 Å². The third kappa shape index (κ3) is 4.26. The molecule has 1 heteroatoms. The van der Waals surface area contributed by atoms with Crippen LogP contribution in [0.5, 0.6) is 0 Å². The normalized spacial score (nSPS) is 22.5. The van der Waals surface area contributed by atoms with Crippen LogP contribution >= 0.6 is 0 Å². The van der Waals surface area contributed by atoms with Crippen LogP contribution in [0.2, 0.25) is 0 Å². The summed E-state index contributed by atoms with van der Waals surface area (Å²) in [4.78, 5) is 0. The Bertz CT molecular complexity index is 367. The first-order valence-electron chi connectivity index (χ1n) is 6.73. The summed E-state index contributed by atoms with van der Waals surface area (Å²) in [7, 11) is 0. The Balaban J connectivity index is 2.95. The third-order valence-electron chi connectivity index (χ3n) is 3.19. The molecule has 1 aliphatic carbocycles. The minimum atomic E-state index is 0.879. The van der Waals surface area contributed by atoms with E-state index in [1.54, 1.807) is 0 Å². The van der Waals surface area contributed by atoms with Crippen LogP contribution in [0.4, 0.5) is 0 Å². The Morgan fingerprint density at radius 3 is 2.18 bits per heavy atom. The summed E-state index contributed by atoms with van der Waals surface area (Å²) in [6.45, 7) is 6.54. The number of hydrogen-bond acceptors (Lipinski definition) is 1. The molecule has 0 amide bonds. The van der Waals surface area contributed by atoms with Crippen LogP contribution < -0.4 is 5.73 Å². The number of rotatable bonds is 5. The molecule has 0 saturated carbocycles. The Kier molecular flexibility index (Phi) is 5.82. The summed E-state index contributed by atoms with van der Waals surface area (Å²) >= 11 is 0. The topological polar surface area (TPSA) is 26.0 Å². The lowest BCUT2D eigenvalue weighted by molar-refractivity contribution is 0.776. The molecule has 1 nitrogen and oxygen atoms in total. The number of allylic oxidation sites excluding steroid dienone is 7. The van der Waals surface area contributed by atoms with Gasteiger partial charge in [0.15, 0.2) is 0 Å². The van der Waals surface area contributed by atoms with E-state index in [2.05, 4.69) is 45.1 Å². The molecule has 0 saturated heterocycles. The van der Waals surface area contributed by atoms with Gasteiger partial charge in [-0.25, -0.2) is 0 Å². The zero-order valence-corrected chi connectivity index (χ0v) is 11.4. The monoisotopic (exact) mass is 231 g/mol. The highest BCUT2D eigenvalue weighted by Crippen LogP contribution is 2.24. The Morgan fingerprint density at radius 1 is 0.882 bits per heavy atom. The van der Waals surface area contributed by atoms with Crippen LogP contribution in [0.15, 0.2) is 46.7 Å². The van der Waals surface area contributed by atoms with E-state index in [1.807, 2.05) is 0 Å². The smallest absolute Gasteiger partial charge is 0.0343 e. The maximum Gasteiger partial charge on any atom is 0.0343 e. The number of hydrogen-bond donors (Lipinski definition) is 1. The molecule has 0 fully saturated rings. The fourth-order valence-corrected chi connectivity index (χ4v) is 1.98. The molecule has 0 aliphatic heterocycles. The van der Waals surface area contributed by atoms with Gasteiger partial charge in [0.05, 0.1) is 0 Å². The molecule has 0 aromatic carbocycles. The zero-order chi connectivity index (χ0) is 12.7. The predicted octanol–water partition coefficient (Wildman–Crippen LogP) is 4.63. The van der Waals surface area contributed by atoms with Crippen molar-refractivity contribution in [2.24, 2.45) is 5.73 Å². The van der Waals surface area contributed by atoms with Crippen LogP contribution in [-0.4, -0.2) is 0 Å². The molecule has 2 N–H and O–H groups in total. The quantitative estimate of drug-likeness (QED) is 0.733. The van der Waals surface area contributed by atoms with Crippen molar-refractivity contribution >= 4 is 0 Å². The molecular weight excluding hydrogens is 206 g/mol. The van der Waals surface area contributed by atoms with Crippen LogP contribution in [-0.2, 0) is 0 Å². The first-order valence-corrected chi connectivity index (χ1v) is 6.73. The van der Waals surface area contributed by atoms with Gasteiger partial charge in [0.1, 0.15) is 0 Å². The highest BCUT2D eigenvalue weighted by Gasteiger charge is 2.05. The molecule has 0 unspecified atom stereocenters. The molecule has 94 valence electrons. The van der Waals surface area contributed by atoms with Crippen molar-refractivity contribution in [1.82, 2.24) is 0 Å². The van der Waals surface area contributed by atoms with E-state index in [-0.39, 0.29) is 0 Å². The largest absolute Gasteiger partial charge is 0.399 e. The maximum atomic E-state index is 5.97. The zero-order valence-electron chi connectivity index (χ0n) is 11.4. The lowest BCUT2D eigenvalue weighted by Crippen LogP contribution is -2.00. The van der Waals surface area contributed by atoms with Gasteiger partial charge in [0, 0.05) is 5.70 Å². The Morgan fingerprint density at radius 2 is 1.53 bits per heavy atom. The molecular formula is C16H25N. The van der Waals surface area contributed by atoms with E-state index < -0.39 is 0 Å². The number of nitrogens with two attached hydrogens (primary N) is 1. The first kappa shape index (κ1) is 13.8. The summed E-state index contributed by atoms with van der Waals surface area (Å²) in [6.07, 6.45) is 14.7. The first-order chi connectivity index (χ1) is 8.19. The standard InChI is InChI=1S/C16H25N/c1-4-6-8-15-10-9-13(3)16(17)12-11-14(15)7-5-2/h9-12H,4-8,17H2,1-3H3/b10-9?,12-11?,13-9+,14-11?,15-10?,15-14?,16-12-,16-13?. The molecule has 1 rings (SSSR count). The molecule has 0 bridgehead atoms. The van der Waals surface area contributed by atoms with Gasteiger partial charge < -0.3 is 5.73 Å². The Hall–Kier alpha value is -1.24. The maximum absolute atomic E-state index is 5.97. The van der Waals surface area contributed by atoms with Gasteiger partial charge in [-0.05, 0) is 49.0 Å². The fourth-order valence-electron chi connectivity index (χ4n) is 1.98. The van der Waals surface area contributed by atoms with Crippen molar-refractivity contribution < 1.29 is 0 Å². The Labute approximate surface area is 106 Å². The average Bonchev–Trinajstić information content (AvgIpc) is 2.33. The molecule has 0 aromatic rings. The summed E-state index contributed by atoms with van der Waals surface area (Å²) in [5, 5.41) is 0. The average molecular weight is 231 g/mol. The van der Waals surface area contributed by atoms with Gasteiger partial charge in [-0.15, -0.1) is 0 Å². The van der Waals surface area contributed by atoms with Gasteiger partial charge in [0.2, 0.25) is 0 Å². The van der Waals surface area contributed by atoms with E-state index in [9.17, 15) is 0 Å². The van der Waals surface area contributed by atoms with Crippen molar-refractivity contribution in [2.45, 2.75) is 52.9 Å². The molecule has 0 radical (unpaired) electrons. The summed E-state index contributed by atoms with van der Waals surface area (Å²) in [6, 6.07) is 0. The molecule has 0 spiro atoms. The van der Waals surface area contributed by atoms with Gasteiger partial charge in [0.25, 0.3) is 0 Å². The van der Waals surface area contributed by atoms with Gasteiger partial charge in [-0.2, -0.15) is 0 Å². The molecule has 0 heterocycles. The highest BCUT2D eigenvalue weighted by molar-refractivity contribution is 5.43. The van der Waals surface area contributed by atoms with Crippen LogP contribution in [0.1, 0.15) is 52.9 Å². The molecule has 17 heavy (non-hydrogen) atoms. The lowest BCUT2D eigenvalue weighted by atomic mass is 9.94. The second-order valence-electron chi connectivity index (χ2n) is 4.71. The second kappa shape index (κ2) is 7.16. The predicted molar refractivity (Wildman–Crippen MR) is 76.6 cm³/mol. The van der Waals surface area contributed by atoms with E-state index in [0.717, 1.165) is 17.7 Å². The van der Waals surface area contributed by atoms with Crippen LogP contribution in [0.3, 0.4) is 0 Å². The molecule has 0 aromatic heterocycles. The summed E-state index contributed by atoms with van der Waals surface area (Å²) in [5.74, 6) is 0. The van der Waals surface area contributed by atoms with Gasteiger partial charge in [-0.3, -0.25) is 0 Å². The van der Waals surface area contributed by atoms with E-state index in [0.29, 0.717) is 0 Å². The fraction of sp³-hybridized carbons (Fsp3) is 0.500. The van der Waals surface area contributed by atoms with Crippen LogP contribution in [0, 0.1) is 0 Å². The van der Waals surface area contributed by atoms with E-state index >= 15 is 0 Å². The van der Waals surface area contributed by atoms with Crippen molar-refractivity contribution in [3.8, 4) is 0 Å². The molecule has 0 atom stereocenters. The molecule has 1 aliphatic rings. The van der Waals surface area contributed by atoms with Crippen molar-refractivity contribution in [3.05, 3.63) is 46.7 Å². The second-order valence-corrected chi connectivity index (χ2v) is 4.71. The van der Waals surface area contributed by atoms with E-state index in [4.69, 9.17) is 5.73 Å². The highest BCUT2D eigenvalue weighted by atomic mass is 14.6. The van der Waals surface area contributed by atoms with E-state index in [1.165, 1.54) is 36.8 Å².